The van der Waals surface area contributed by atoms with Crippen molar-refractivity contribution in [3.63, 3.8) is 0 Å². The lowest BCUT2D eigenvalue weighted by molar-refractivity contribution is -0.116. The van der Waals surface area contributed by atoms with Gasteiger partial charge in [-0.05, 0) is 35.8 Å². The highest BCUT2D eigenvalue weighted by Crippen LogP contribution is 2.12. The summed E-state index contributed by atoms with van der Waals surface area (Å²) in [5, 5.41) is 2.87. The van der Waals surface area contributed by atoms with E-state index in [9.17, 15) is 4.79 Å². The van der Waals surface area contributed by atoms with Gasteiger partial charge >= 0.3 is 0 Å². The van der Waals surface area contributed by atoms with E-state index in [0.29, 0.717) is 6.54 Å². The van der Waals surface area contributed by atoms with Crippen molar-refractivity contribution in [3.05, 3.63) is 71.8 Å². The van der Waals surface area contributed by atoms with E-state index in [1.54, 1.807) is 19.3 Å². The minimum Gasteiger partial charge on any atom is -0.497 e. The lowest BCUT2D eigenvalue weighted by Gasteiger charge is -2.02. The lowest BCUT2D eigenvalue weighted by Crippen LogP contribution is -2.23. The number of rotatable bonds is 6. The van der Waals surface area contributed by atoms with Crippen molar-refractivity contribution in [1.29, 1.82) is 0 Å². The second-order valence-corrected chi connectivity index (χ2v) is 4.63. The Morgan fingerprint density at radius 2 is 1.81 bits per heavy atom. The van der Waals surface area contributed by atoms with Gasteiger partial charge in [0.1, 0.15) is 5.75 Å². The Balaban J connectivity index is 1.77. The Bertz CT molecular complexity index is 588. The van der Waals surface area contributed by atoms with Crippen molar-refractivity contribution < 1.29 is 9.53 Å². The predicted molar refractivity (Wildman–Crippen MR) is 85.2 cm³/mol. The summed E-state index contributed by atoms with van der Waals surface area (Å²) in [6, 6.07) is 17.7. The number of benzene rings is 2. The third-order valence-electron chi connectivity index (χ3n) is 3.10. The maximum absolute atomic E-state index is 11.7. The van der Waals surface area contributed by atoms with E-state index in [1.165, 1.54) is 5.56 Å². The molecule has 2 aromatic rings. The van der Waals surface area contributed by atoms with Gasteiger partial charge in [0.2, 0.25) is 5.91 Å². The Morgan fingerprint density at radius 3 is 2.48 bits per heavy atom. The van der Waals surface area contributed by atoms with Crippen LogP contribution in [0.15, 0.2) is 60.7 Å². The molecule has 3 nitrogen and oxygen atoms in total. The Kier molecular flexibility index (Phi) is 5.59. The Labute approximate surface area is 125 Å². The Morgan fingerprint density at radius 1 is 1.10 bits per heavy atom. The Hall–Kier alpha value is -2.55. The fraction of sp³-hybridized carbons (Fsp3) is 0.167. The van der Waals surface area contributed by atoms with E-state index in [1.807, 2.05) is 42.5 Å². The summed E-state index contributed by atoms with van der Waals surface area (Å²) in [6.07, 6.45) is 4.17. The van der Waals surface area contributed by atoms with Crippen molar-refractivity contribution in [2.45, 2.75) is 6.42 Å². The van der Waals surface area contributed by atoms with E-state index in [0.717, 1.165) is 17.7 Å². The molecule has 1 amide bonds. The second-order valence-electron chi connectivity index (χ2n) is 4.63. The molecule has 0 atom stereocenters. The maximum Gasteiger partial charge on any atom is 0.244 e. The first-order chi connectivity index (χ1) is 10.3. The van der Waals surface area contributed by atoms with Gasteiger partial charge in [-0.15, -0.1) is 0 Å². The smallest absolute Gasteiger partial charge is 0.244 e. The van der Waals surface area contributed by atoms with E-state index in [2.05, 4.69) is 17.4 Å². The zero-order valence-electron chi connectivity index (χ0n) is 12.1. The first-order valence-corrected chi connectivity index (χ1v) is 6.92. The summed E-state index contributed by atoms with van der Waals surface area (Å²) in [7, 11) is 1.63. The first-order valence-electron chi connectivity index (χ1n) is 6.92. The van der Waals surface area contributed by atoms with Crippen LogP contribution in [0.5, 0.6) is 5.75 Å². The van der Waals surface area contributed by atoms with Crippen molar-refractivity contribution in [2.75, 3.05) is 13.7 Å². The number of hydrogen-bond donors (Lipinski definition) is 1. The van der Waals surface area contributed by atoms with E-state index < -0.39 is 0 Å². The molecule has 0 fully saturated rings. The van der Waals surface area contributed by atoms with Crippen molar-refractivity contribution in [3.8, 4) is 5.75 Å². The molecule has 0 bridgehead atoms. The van der Waals surface area contributed by atoms with Crippen LogP contribution in [0.1, 0.15) is 11.1 Å². The van der Waals surface area contributed by atoms with Gasteiger partial charge in [-0.3, -0.25) is 4.79 Å². The molecule has 0 aliphatic heterocycles. The fourth-order valence-electron chi connectivity index (χ4n) is 1.92. The van der Waals surface area contributed by atoms with Gasteiger partial charge in [-0.25, -0.2) is 0 Å². The molecule has 2 rings (SSSR count). The average molecular weight is 281 g/mol. The number of amides is 1. The van der Waals surface area contributed by atoms with Crippen molar-refractivity contribution in [1.82, 2.24) is 5.32 Å². The molecule has 0 heterocycles. The molecule has 0 unspecified atom stereocenters. The average Bonchev–Trinajstić information content (AvgIpc) is 2.54. The monoisotopic (exact) mass is 281 g/mol. The molecular weight excluding hydrogens is 262 g/mol. The predicted octanol–water partition coefficient (Wildman–Crippen LogP) is 3.07. The zero-order chi connectivity index (χ0) is 14.9. The molecule has 21 heavy (non-hydrogen) atoms. The molecule has 0 saturated carbocycles. The summed E-state index contributed by atoms with van der Waals surface area (Å²) in [5.41, 5.74) is 2.19. The van der Waals surface area contributed by atoms with E-state index in [-0.39, 0.29) is 5.91 Å². The number of methoxy groups -OCH3 is 1. The van der Waals surface area contributed by atoms with Crippen LogP contribution in [-0.2, 0) is 11.2 Å². The van der Waals surface area contributed by atoms with Gasteiger partial charge in [0, 0.05) is 12.6 Å². The number of carbonyl (C=O) groups excluding carboxylic acids is 1. The van der Waals surface area contributed by atoms with Crippen LogP contribution in [-0.4, -0.2) is 19.6 Å². The van der Waals surface area contributed by atoms with Crippen molar-refractivity contribution in [2.24, 2.45) is 0 Å². The van der Waals surface area contributed by atoms with Crippen LogP contribution < -0.4 is 10.1 Å². The molecule has 108 valence electrons. The van der Waals surface area contributed by atoms with Crippen LogP contribution in [0.4, 0.5) is 0 Å². The molecule has 0 saturated heterocycles. The number of nitrogens with one attached hydrogen (secondary N) is 1. The quantitative estimate of drug-likeness (QED) is 0.826. The largest absolute Gasteiger partial charge is 0.497 e. The molecule has 2 aromatic carbocycles. The molecule has 0 aromatic heterocycles. The SMILES string of the molecule is COc1ccc(C=CC(=O)NCCc2ccccc2)cc1. The number of carbonyl (C=O) groups is 1. The highest BCUT2D eigenvalue weighted by Gasteiger charge is 1.96. The zero-order valence-corrected chi connectivity index (χ0v) is 12.1. The van der Waals surface area contributed by atoms with Gasteiger partial charge < -0.3 is 10.1 Å². The summed E-state index contributed by atoms with van der Waals surface area (Å²) < 4.78 is 5.09. The number of ether oxygens (including phenoxy) is 1. The van der Waals surface area contributed by atoms with Gasteiger partial charge in [0.15, 0.2) is 0 Å². The van der Waals surface area contributed by atoms with E-state index in [4.69, 9.17) is 4.74 Å². The maximum atomic E-state index is 11.7. The molecule has 0 spiro atoms. The normalized spacial score (nSPS) is 10.5. The lowest BCUT2D eigenvalue weighted by atomic mass is 10.1. The van der Waals surface area contributed by atoms with E-state index >= 15 is 0 Å². The molecule has 0 aliphatic carbocycles. The molecule has 0 aliphatic rings. The summed E-state index contributed by atoms with van der Waals surface area (Å²) in [6.45, 7) is 0.635. The van der Waals surface area contributed by atoms with Gasteiger partial charge in [-0.2, -0.15) is 0 Å². The standard InChI is InChI=1S/C18H19NO2/c1-21-17-10-7-16(8-11-17)9-12-18(20)19-14-13-15-5-3-2-4-6-15/h2-12H,13-14H2,1H3,(H,19,20). The summed E-state index contributed by atoms with van der Waals surface area (Å²) in [4.78, 5) is 11.7. The molecule has 1 N–H and O–H groups in total. The minimum atomic E-state index is -0.0817. The highest BCUT2D eigenvalue weighted by atomic mass is 16.5. The van der Waals surface area contributed by atoms with Crippen LogP contribution in [0.25, 0.3) is 6.08 Å². The van der Waals surface area contributed by atoms with Crippen LogP contribution in [0.3, 0.4) is 0 Å². The topological polar surface area (TPSA) is 38.3 Å². The second kappa shape index (κ2) is 7.90. The van der Waals surface area contributed by atoms with Crippen LogP contribution >= 0.6 is 0 Å². The van der Waals surface area contributed by atoms with Gasteiger partial charge in [-0.1, -0.05) is 42.5 Å². The third-order valence-corrected chi connectivity index (χ3v) is 3.10. The summed E-state index contributed by atoms with van der Waals surface area (Å²) in [5.74, 6) is 0.723. The molecule has 3 heteroatoms. The van der Waals surface area contributed by atoms with Crippen LogP contribution in [0, 0.1) is 0 Å². The first kappa shape index (κ1) is 14.9. The van der Waals surface area contributed by atoms with Gasteiger partial charge in [0.25, 0.3) is 0 Å². The summed E-state index contributed by atoms with van der Waals surface area (Å²) >= 11 is 0. The van der Waals surface area contributed by atoms with Crippen molar-refractivity contribution >= 4 is 12.0 Å². The fourth-order valence-corrected chi connectivity index (χ4v) is 1.92. The molecule has 0 radical (unpaired) electrons. The highest BCUT2D eigenvalue weighted by molar-refractivity contribution is 5.91. The van der Waals surface area contributed by atoms with Gasteiger partial charge in [0.05, 0.1) is 7.11 Å². The molecular formula is C18H19NO2. The minimum absolute atomic E-state index is 0.0817. The van der Waals surface area contributed by atoms with Crippen LogP contribution in [0.2, 0.25) is 0 Å². The third kappa shape index (κ3) is 5.15. The number of hydrogen-bond acceptors (Lipinski definition) is 2.